The lowest BCUT2D eigenvalue weighted by Gasteiger charge is -2.34. The largest absolute Gasteiger partial charge is 0.497 e. The summed E-state index contributed by atoms with van der Waals surface area (Å²) in [5, 5.41) is 4.51. The summed E-state index contributed by atoms with van der Waals surface area (Å²) in [6.45, 7) is 6.08. The van der Waals surface area contributed by atoms with E-state index in [4.69, 9.17) is 4.74 Å². The van der Waals surface area contributed by atoms with Crippen LogP contribution in [0.1, 0.15) is 57.9 Å². The second-order valence-electron chi connectivity index (χ2n) is 9.62. The van der Waals surface area contributed by atoms with Gasteiger partial charge in [0.15, 0.2) is 5.78 Å². The van der Waals surface area contributed by atoms with Crippen LogP contribution in [0.2, 0.25) is 0 Å². The van der Waals surface area contributed by atoms with Crippen molar-refractivity contribution in [1.82, 2.24) is 9.61 Å². The highest BCUT2D eigenvalue weighted by Gasteiger charge is 2.21. The number of piperidine rings is 1. The molecule has 35 heavy (non-hydrogen) atoms. The quantitative estimate of drug-likeness (QED) is 0.306. The fraction of sp³-hybridized carbons (Fsp3) is 0.333. The van der Waals surface area contributed by atoms with Crippen LogP contribution >= 0.6 is 0 Å². The van der Waals surface area contributed by atoms with E-state index in [-0.39, 0.29) is 5.78 Å². The number of Topliss-reactive ketones (excluding diaryl/α,β-unsaturated/α-hetero) is 1. The van der Waals surface area contributed by atoms with Gasteiger partial charge < -0.3 is 9.64 Å². The number of pyridine rings is 1. The minimum atomic E-state index is 0.160. The Labute approximate surface area is 207 Å². The first-order chi connectivity index (χ1) is 17.0. The number of rotatable bonds is 7. The highest BCUT2D eigenvalue weighted by Crippen LogP contribution is 2.31. The summed E-state index contributed by atoms with van der Waals surface area (Å²) < 4.78 is 7.09. The normalized spacial score (nSPS) is 14.4. The molecule has 5 heteroatoms. The number of carbonyl (C=O) groups excluding carboxylic acids is 1. The van der Waals surface area contributed by atoms with Gasteiger partial charge >= 0.3 is 0 Å². The van der Waals surface area contributed by atoms with E-state index in [9.17, 15) is 4.79 Å². The van der Waals surface area contributed by atoms with Gasteiger partial charge in [0, 0.05) is 31.4 Å². The van der Waals surface area contributed by atoms with E-state index in [0.29, 0.717) is 12.3 Å². The molecule has 0 atom stereocenters. The SMILES string of the molecule is COc1ccc(C2CCN(c3ccc(CCC(=O)c4c(C)nn5ccc(C)cc45)cc3)CC2)cc1. The molecule has 2 aromatic heterocycles. The Morgan fingerprint density at radius 3 is 2.40 bits per heavy atom. The molecular formula is C30H33N3O2. The number of anilines is 1. The van der Waals surface area contributed by atoms with Gasteiger partial charge in [-0.1, -0.05) is 24.3 Å². The molecule has 1 fully saturated rings. The number of aromatic nitrogens is 2. The van der Waals surface area contributed by atoms with Crippen LogP contribution in [-0.4, -0.2) is 35.6 Å². The van der Waals surface area contributed by atoms with E-state index >= 15 is 0 Å². The Balaban J connectivity index is 1.17. The molecule has 0 saturated carbocycles. The van der Waals surface area contributed by atoms with E-state index in [2.05, 4.69) is 58.5 Å². The van der Waals surface area contributed by atoms with Gasteiger partial charge in [0.05, 0.1) is 23.9 Å². The van der Waals surface area contributed by atoms with Crippen LogP contribution in [0.15, 0.2) is 66.9 Å². The predicted molar refractivity (Wildman–Crippen MR) is 141 cm³/mol. The summed E-state index contributed by atoms with van der Waals surface area (Å²) in [5.74, 6) is 1.68. The fourth-order valence-electron chi connectivity index (χ4n) is 5.22. The van der Waals surface area contributed by atoms with Gasteiger partial charge in [-0.25, -0.2) is 4.52 Å². The maximum Gasteiger partial charge on any atom is 0.167 e. The molecule has 0 spiro atoms. The highest BCUT2D eigenvalue weighted by atomic mass is 16.5. The second kappa shape index (κ2) is 9.95. The molecule has 0 radical (unpaired) electrons. The summed E-state index contributed by atoms with van der Waals surface area (Å²) >= 11 is 0. The van der Waals surface area contributed by atoms with Crippen molar-refractivity contribution in [2.45, 2.75) is 45.4 Å². The number of carbonyl (C=O) groups is 1. The Bertz CT molecular complexity index is 1310. The molecule has 0 amide bonds. The lowest BCUT2D eigenvalue weighted by molar-refractivity contribution is 0.0984. The van der Waals surface area contributed by atoms with Crippen molar-refractivity contribution in [3.63, 3.8) is 0 Å². The Morgan fingerprint density at radius 2 is 1.71 bits per heavy atom. The predicted octanol–water partition coefficient (Wildman–Crippen LogP) is 6.16. The number of fused-ring (bicyclic) bond motifs is 1. The van der Waals surface area contributed by atoms with E-state index < -0.39 is 0 Å². The highest BCUT2D eigenvalue weighted by molar-refractivity contribution is 6.03. The van der Waals surface area contributed by atoms with Crippen LogP contribution in [0.3, 0.4) is 0 Å². The zero-order chi connectivity index (χ0) is 24.4. The molecule has 0 bridgehead atoms. The molecule has 1 saturated heterocycles. The van der Waals surface area contributed by atoms with Crippen molar-refractivity contribution in [1.29, 1.82) is 0 Å². The third-order valence-corrected chi connectivity index (χ3v) is 7.27. The Morgan fingerprint density at radius 1 is 1.00 bits per heavy atom. The van der Waals surface area contributed by atoms with Crippen LogP contribution in [0.5, 0.6) is 5.75 Å². The molecule has 1 aliphatic heterocycles. The molecule has 180 valence electrons. The molecule has 5 rings (SSSR count). The summed E-state index contributed by atoms with van der Waals surface area (Å²) in [7, 11) is 1.71. The van der Waals surface area contributed by atoms with Crippen molar-refractivity contribution >= 4 is 17.0 Å². The minimum absolute atomic E-state index is 0.160. The number of nitrogens with zero attached hydrogens (tertiary/aromatic N) is 3. The summed E-state index contributed by atoms with van der Waals surface area (Å²) in [6, 6.07) is 21.3. The van der Waals surface area contributed by atoms with Crippen LogP contribution in [0, 0.1) is 13.8 Å². The first kappa shape index (κ1) is 23.2. The summed E-state index contributed by atoms with van der Waals surface area (Å²) in [6.07, 6.45) is 5.46. The van der Waals surface area contributed by atoms with Gasteiger partial charge in [0.2, 0.25) is 0 Å². The maximum atomic E-state index is 13.1. The van der Waals surface area contributed by atoms with Gasteiger partial charge in [-0.15, -0.1) is 0 Å². The van der Waals surface area contributed by atoms with Crippen molar-refractivity contribution in [2.24, 2.45) is 0 Å². The van der Waals surface area contributed by atoms with Gasteiger partial charge in [0.25, 0.3) is 0 Å². The lowest BCUT2D eigenvalue weighted by Crippen LogP contribution is -2.32. The molecule has 4 aromatic rings. The second-order valence-corrected chi connectivity index (χ2v) is 9.62. The van der Waals surface area contributed by atoms with Crippen molar-refractivity contribution in [2.75, 3.05) is 25.1 Å². The number of hydrogen-bond donors (Lipinski definition) is 0. The molecule has 0 N–H and O–H groups in total. The van der Waals surface area contributed by atoms with Crippen molar-refractivity contribution in [3.05, 3.63) is 94.8 Å². The lowest BCUT2D eigenvalue weighted by atomic mass is 9.89. The zero-order valence-electron chi connectivity index (χ0n) is 20.8. The third-order valence-electron chi connectivity index (χ3n) is 7.27. The van der Waals surface area contributed by atoms with Crippen LogP contribution < -0.4 is 9.64 Å². The first-order valence-corrected chi connectivity index (χ1v) is 12.5. The van der Waals surface area contributed by atoms with E-state index in [1.54, 1.807) is 7.11 Å². The third kappa shape index (κ3) is 4.95. The number of methoxy groups -OCH3 is 1. The average molecular weight is 468 g/mol. The average Bonchev–Trinajstić information content (AvgIpc) is 3.22. The monoisotopic (exact) mass is 467 g/mol. The van der Waals surface area contributed by atoms with Crippen LogP contribution in [0.4, 0.5) is 5.69 Å². The molecule has 3 heterocycles. The van der Waals surface area contributed by atoms with Gasteiger partial charge in [-0.05, 0) is 92.1 Å². The van der Waals surface area contributed by atoms with Gasteiger partial charge in [-0.3, -0.25) is 4.79 Å². The standard InChI is InChI=1S/C30H33N3O2/c1-21-14-19-33-28(20-21)30(22(2)31-33)29(34)13-6-23-4-9-26(10-5-23)32-17-15-25(16-18-32)24-7-11-27(35-3)12-8-24/h4-5,7-12,14,19-20,25H,6,13,15-18H2,1-3H3. The molecule has 5 nitrogen and oxygen atoms in total. The minimum Gasteiger partial charge on any atom is -0.497 e. The number of ketones is 1. The van der Waals surface area contributed by atoms with Crippen LogP contribution in [0.25, 0.3) is 5.52 Å². The zero-order valence-corrected chi connectivity index (χ0v) is 20.8. The molecule has 2 aromatic carbocycles. The summed E-state index contributed by atoms with van der Waals surface area (Å²) in [5.41, 5.74) is 7.46. The van der Waals surface area contributed by atoms with Crippen molar-refractivity contribution in [3.8, 4) is 5.75 Å². The fourth-order valence-corrected chi connectivity index (χ4v) is 5.22. The Kier molecular flexibility index (Phi) is 6.58. The summed E-state index contributed by atoms with van der Waals surface area (Å²) in [4.78, 5) is 15.5. The molecule has 1 aliphatic rings. The van der Waals surface area contributed by atoms with Crippen molar-refractivity contribution < 1.29 is 9.53 Å². The van der Waals surface area contributed by atoms with E-state index in [1.807, 2.05) is 36.7 Å². The smallest absolute Gasteiger partial charge is 0.167 e. The van der Waals surface area contributed by atoms with Gasteiger partial charge in [0.1, 0.15) is 5.75 Å². The van der Waals surface area contributed by atoms with E-state index in [1.165, 1.54) is 16.8 Å². The number of ether oxygens (including phenoxy) is 1. The van der Waals surface area contributed by atoms with E-state index in [0.717, 1.165) is 60.4 Å². The molecule has 0 aliphatic carbocycles. The number of benzene rings is 2. The first-order valence-electron chi connectivity index (χ1n) is 12.5. The Hall–Kier alpha value is -3.60. The maximum absolute atomic E-state index is 13.1. The number of hydrogen-bond acceptors (Lipinski definition) is 4. The van der Waals surface area contributed by atoms with Gasteiger partial charge in [-0.2, -0.15) is 5.10 Å². The molecule has 0 unspecified atom stereocenters. The molecular weight excluding hydrogens is 434 g/mol. The van der Waals surface area contributed by atoms with Crippen LogP contribution in [-0.2, 0) is 6.42 Å². The number of aryl methyl sites for hydroxylation is 3. The topological polar surface area (TPSA) is 46.8 Å².